The number of benzene rings is 2. The highest BCUT2D eigenvalue weighted by atomic mass is 32.1. The van der Waals surface area contributed by atoms with Crippen LogP contribution in [0.2, 0.25) is 0 Å². The number of hydrogen-bond donors (Lipinski definition) is 2. The summed E-state index contributed by atoms with van der Waals surface area (Å²) >= 11 is 1.44. The molecule has 6 rings (SSSR count). The molecule has 4 aromatic rings. The van der Waals surface area contributed by atoms with Crippen molar-refractivity contribution in [3.63, 3.8) is 0 Å². The van der Waals surface area contributed by atoms with Gasteiger partial charge in [-0.15, -0.1) is 11.3 Å². The van der Waals surface area contributed by atoms with Crippen LogP contribution in [-0.4, -0.2) is 33.4 Å². The Morgan fingerprint density at radius 1 is 1.12 bits per heavy atom. The molecule has 0 spiro atoms. The minimum Gasteiger partial charge on any atom is -0.498 e. The number of ether oxygens (including phenoxy) is 1. The van der Waals surface area contributed by atoms with E-state index < -0.39 is 11.2 Å². The number of rotatable bonds is 7. The molecule has 0 saturated heterocycles. The van der Waals surface area contributed by atoms with Crippen molar-refractivity contribution >= 4 is 39.9 Å². The van der Waals surface area contributed by atoms with E-state index in [2.05, 4.69) is 4.98 Å². The fourth-order valence-corrected chi connectivity index (χ4v) is 6.40. The lowest BCUT2D eigenvalue weighted by Crippen LogP contribution is -2.34. The van der Waals surface area contributed by atoms with E-state index in [0.29, 0.717) is 28.5 Å². The molecule has 1 unspecified atom stereocenters. The van der Waals surface area contributed by atoms with Crippen molar-refractivity contribution in [1.29, 1.82) is 0 Å². The van der Waals surface area contributed by atoms with Crippen LogP contribution in [0.4, 0.5) is 0 Å². The first kappa shape index (κ1) is 30.4. The highest BCUT2D eigenvalue weighted by Gasteiger charge is 2.40. The van der Waals surface area contributed by atoms with Crippen LogP contribution >= 0.6 is 11.3 Å². The fourth-order valence-electron chi connectivity index (χ4n) is 5.28. The van der Waals surface area contributed by atoms with Crippen molar-refractivity contribution in [3.8, 4) is 0 Å². The molecule has 0 saturated carbocycles. The number of nitrogens with zero attached hydrogens (tertiary/aromatic N) is 1. The van der Waals surface area contributed by atoms with Crippen LogP contribution in [0.5, 0.6) is 0 Å². The van der Waals surface area contributed by atoms with Crippen LogP contribution in [0.1, 0.15) is 71.4 Å². The number of allylic oxidation sites excluding steroid dienone is 3. The lowest BCUT2D eigenvalue weighted by atomic mass is 9.78. The molecule has 2 aromatic heterocycles. The van der Waals surface area contributed by atoms with Crippen molar-refractivity contribution < 1.29 is 29.0 Å². The van der Waals surface area contributed by atoms with Gasteiger partial charge in [0.05, 0.1) is 22.9 Å². The second-order valence-corrected chi connectivity index (χ2v) is 12.0. The number of aryl methyl sites for hydroxylation is 1. The second-order valence-electron chi connectivity index (χ2n) is 10.9. The zero-order valence-electron chi connectivity index (χ0n) is 24.7. The molecule has 2 aromatic carbocycles. The maximum absolute atomic E-state index is 12.0. The van der Waals surface area contributed by atoms with Crippen molar-refractivity contribution in [2.24, 2.45) is 5.92 Å². The van der Waals surface area contributed by atoms with Crippen LogP contribution in [0, 0.1) is 5.92 Å². The number of Topliss-reactive ketones (excluding diaryl/α,β-unsaturated/α-hetero) is 1. The Morgan fingerprint density at radius 3 is 2.49 bits per heavy atom. The molecule has 2 N–H and O–H groups in total. The van der Waals surface area contributed by atoms with Crippen LogP contribution < -0.4 is 0 Å². The van der Waals surface area contributed by atoms with E-state index in [4.69, 9.17) is 9.15 Å². The average Bonchev–Trinajstić information content (AvgIpc) is 3.64. The summed E-state index contributed by atoms with van der Waals surface area (Å²) in [6, 6.07) is 16.7. The van der Waals surface area contributed by atoms with Gasteiger partial charge in [0.1, 0.15) is 22.0 Å². The van der Waals surface area contributed by atoms with Gasteiger partial charge in [0.2, 0.25) is 0 Å². The first-order valence-corrected chi connectivity index (χ1v) is 15.2. The third-order valence-electron chi connectivity index (χ3n) is 7.66. The molecule has 2 aliphatic rings. The highest BCUT2D eigenvalue weighted by Crippen LogP contribution is 2.41. The number of fused-ring (bicyclic) bond motifs is 2. The summed E-state index contributed by atoms with van der Waals surface area (Å²) in [4.78, 5) is 28.7. The third kappa shape index (κ3) is 6.04. The largest absolute Gasteiger partial charge is 0.498 e. The van der Waals surface area contributed by atoms with Crippen LogP contribution in [0.15, 0.2) is 89.1 Å². The molecular formula is C35H35NO6S. The molecule has 1 atom stereocenters. The van der Waals surface area contributed by atoms with Gasteiger partial charge < -0.3 is 19.4 Å². The van der Waals surface area contributed by atoms with E-state index >= 15 is 0 Å². The minimum absolute atomic E-state index is 0.0733. The number of furan rings is 1. The second kappa shape index (κ2) is 12.2. The number of thiazole rings is 1. The van der Waals surface area contributed by atoms with Gasteiger partial charge in [-0.3, -0.25) is 9.59 Å². The van der Waals surface area contributed by atoms with Gasteiger partial charge in [-0.25, -0.2) is 4.98 Å². The fraction of sp³-hybridized carbons (Fsp3) is 0.286. The average molecular weight is 598 g/mol. The number of aliphatic hydroxyl groups is 2. The summed E-state index contributed by atoms with van der Waals surface area (Å²) in [5.74, 6) is 1.07. The monoisotopic (exact) mass is 597 g/mol. The number of para-hydroxylation sites is 1. The molecule has 0 aliphatic heterocycles. The van der Waals surface area contributed by atoms with Crippen molar-refractivity contribution in [2.45, 2.75) is 51.7 Å². The predicted octanol–water partition coefficient (Wildman–Crippen LogP) is 6.88. The number of hydrogen-bond acceptors (Lipinski definition) is 8. The Balaban J connectivity index is 0.000000173. The third-order valence-corrected chi connectivity index (χ3v) is 8.84. The first-order valence-electron chi connectivity index (χ1n) is 14.4. The quantitative estimate of drug-likeness (QED) is 0.224. The Labute approximate surface area is 254 Å². The molecular weight excluding hydrogens is 562 g/mol. The summed E-state index contributed by atoms with van der Waals surface area (Å²) in [5, 5.41) is 23.6. The Hall–Kier alpha value is -4.11. The normalized spacial score (nSPS) is 16.7. The lowest BCUT2D eigenvalue weighted by molar-refractivity contribution is -0.110. The van der Waals surface area contributed by atoms with Gasteiger partial charge in [0.15, 0.2) is 17.2 Å². The van der Waals surface area contributed by atoms with E-state index in [1.54, 1.807) is 18.2 Å². The van der Waals surface area contributed by atoms with Gasteiger partial charge >= 0.3 is 0 Å². The zero-order chi connectivity index (χ0) is 30.8. The van der Waals surface area contributed by atoms with Crippen LogP contribution in [0.3, 0.4) is 0 Å². The van der Waals surface area contributed by atoms with Gasteiger partial charge in [-0.1, -0.05) is 56.3 Å². The minimum atomic E-state index is -1.36. The van der Waals surface area contributed by atoms with Gasteiger partial charge in [0.25, 0.3) is 0 Å². The SMILES string of the molecule is CC(=O)c1ccccc1C(O)(c1cc2ccccc2o1)C(C)C.CCOC1=Cc2sc(C3(O)C=CC(=O)C=C3)nc2CC1. The molecule has 8 heteroatoms. The summed E-state index contributed by atoms with van der Waals surface area (Å²) in [6.45, 7) is 7.97. The summed E-state index contributed by atoms with van der Waals surface area (Å²) in [5.41, 5.74) is 0.185. The lowest BCUT2D eigenvalue weighted by Gasteiger charge is -2.32. The predicted molar refractivity (Wildman–Crippen MR) is 168 cm³/mol. The van der Waals surface area contributed by atoms with Crippen LogP contribution in [-0.2, 0) is 27.2 Å². The molecule has 7 nitrogen and oxygen atoms in total. The van der Waals surface area contributed by atoms with Crippen molar-refractivity contribution in [3.05, 3.63) is 117 Å². The summed E-state index contributed by atoms with van der Waals surface area (Å²) < 4.78 is 11.5. The Bertz CT molecular complexity index is 1710. The van der Waals surface area contributed by atoms with E-state index in [1.807, 2.05) is 63.2 Å². The standard InChI is InChI=1S/C20H20O3.C15H15NO3S/c1-13(2)20(22,17-10-6-5-9-16(17)14(3)21)19-12-15-8-4-7-11-18(15)23-19;1-2-19-11-3-4-12-13(9-11)20-14(16-12)15(18)7-5-10(17)6-8-15/h4-13,22H,1-3H3;5-9,18H,2-4H2,1H3. The smallest absolute Gasteiger partial charge is 0.178 e. The van der Waals surface area contributed by atoms with E-state index in [1.165, 1.54) is 42.6 Å². The van der Waals surface area contributed by atoms with Gasteiger partial charge in [-0.05, 0) is 68.7 Å². The topological polar surface area (TPSA) is 110 Å². The molecule has 0 amide bonds. The molecule has 0 radical (unpaired) electrons. The van der Waals surface area contributed by atoms with Crippen LogP contribution in [0.25, 0.3) is 17.0 Å². The number of ketones is 2. The molecule has 2 aliphatic carbocycles. The number of carbonyl (C=O) groups is 2. The maximum Gasteiger partial charge on any atom is 0.178 e. The van der Waals surface area contributed by atoms with Gasteiger partial charge in [-0.2, -0.15) is 0 Å². The first-order chi connectivity index (χ1) is 20.5. The molecule has 43 heavy (non-hydrogen) atoms. The van der Waals surface area contributed by atoms with Crippen molar-refractivity contribution in [2.75, 3.05) is 6.61 Å². The number of carbonyl (C=O) groups excluding carboxylic acids is 2. The summed E-state index contributed by atoms with van der Waals surface area (Å²) in [6.07, 6.45) is 9.39. The number of aromatic nitrogens is 1. The van der Waals surface area contributed by atoms with Gasteiger partial charge in [0, 0.05) is 22.9 Å². The zero-order valence-corrected chi connectivity index (χ0v) is 25.5. The van der Waals surface area contributed by atoms with E-state index in [9.17, 15) is 19.8 Å². The molecule has 0 fully saturated rings. The maximum atomic E-state index is 12.0. The molecule has 222 valence electrons. The summed E-state index contributed by atoms with van der Waals surface area (Å²) in [7, 11) is 0. The highest BCUT2D eigenvalue weighted by molar-refractivity contribution is 7.12. The Morgan fingerprint density at radius 2 is 1.81 bits per heavy atom. The van der Waals surface area contributed by atoms with E-state index in [-0.39, 0.29) is 17.5 Å². The van der Waals surface area contributed by atoms with E-state index in [0.717, 1.165) is 40.1 Å². The molecule has 0 bridgehead atoms. The molecule has 2 heterocycles. The van der Waals surface area contributed by atoms with Crippen molar-refractivity contribution in [1.82, 2.24) is 4.98 Å². The Kier molecular flexibility index (Phi) is 8.64.